The van der Waals surface area contributed by atoms with E-state index in [-0.39, 0.29) is 5.91 Å². The van der Waals surface area contributed by atoms with Gasteiger partial charge in [0.2, 0.25) is 5.91 Å². The van der Waals surface area contributed by atoms with Crippen LogP contribution in [0.4, 0.5) is 11.4 Å². The third kappa shape index (κ3) is 3.02. The number of carbonyl (C=O) groups is 1. The maximum atomic E-state index is 12.1. The van der Waals surface area contributed by atoms with Crippen LogP contribution in [0.1, 0.15) is 17.2 Å². The molecule has 0 aliphatic carbocycles. The largest absolute Gasteiger partial charge is 0.398 e. The molecular weight excluding hydrogens is 252 g/mol. The highest BCUT2D eigenvalue weighted by Crippen LogP contribution is 2.18. The summed E-state index contributed by atoms with van der Waals surface area (Å²) in [6.07, 6.45) is 1.14. The van der Waals surface area contributed by atoms with Crippen LogP contribution in [0.2, 0.25) is 0 Å². The van der Waals surface area contributed by atoms with E-state index in [2.05, 4.69) is 5.32 Å². The molecule has 1 amide bonds. The van der Waals surface area contributed by atoms with Gasteiger partial charge in [0, 0.05) is 23.2 Å². The molecule has 0 aliphatic rings. The lowest BCUT2D eigenvalue weighted by Crippen LogP contribution is -2.27. The van der Waals surface area contributed by atoms with Gasteiger partial charge in [-0.2, -0.15) is 0 Å². The Morgan fingerprint density at radius 2 is 1.90 bits per heavy atom. The first-order valence-corrected chi connectivity index (χ1v) is 6.13. The third-order valence-corrected chi connectivity index (χ3v) is 2.95. The first-order valence-electron chi connectivity index (χ1n) is 6.13. The van der Waals surface area contributed by atoms with E-state index in [1.165, 1.54) is 0 Å². The molecule has 0 bridgehead atoms. The van der Waals surface area contributed by atoms with Crippen molar-refractivity contribution in [3.63, 3.8) is 0 Å². The fourth-order valence-corrected chi connectivity index (χ4v) is 1.81. The minimum absolute atomic E-state index is 0.308. The van der Waals surface area contributed by atoms with Crippen LogP contribution in [-0.2, 0) is 4.79 Å². The van der Waals surface area contributed by atoms with Crippen molar-refractivity contribution < 1.29 is 4.79 Å². The number of benzene rings is 2. The molecule has 0 aromatic heterocycles. The van der Waals surface area contributed by atoms with E-state index in [9.17, 15) is 4.79 Å². The number of nitrogens with two attached hydrogens (primary N) is 2. The predicted octanol–water partition coefficient (Wildman–Crippen LogP) is 1.90. The van der Waals surface area contributed by atoms with E-state index in [1.807, 2.05) is 18.2 Å². The highest BCUT2D eigenvalue weighted by molar-refractivity contribution is 5.97. The Balaban J connectivity index is 2.14. The van der Waals surface area contributed by atoms with Gasteiger partial charge in [0.05, 0.1) is 0 Å². The third-order valence-electron chi connectivity index (χ3n) is 2.95. The second kappa shape index (κ2) is 5.99. The fourth-order valence-electron chi connectivity index (χ4n) is 1.81. The minimum atomic E-state index is -0.739. The standard InChI is InChI=1S/C15H16N4O/c16-9-11-8-12(6-7-13(11)17)19-15(20)14(18)10-4-2-1-3-5-10/h1-9,14,16H,17-18H2,(H,19,20). The van der Waals surface area contributed by atoms with Gasteiger partial charge in [-0.1, -0.05) is 30.3 Å². The van der Waals surface area contributed by atoms with Crippen LogP contribution in [0.5, 0.6) is 0 Å². The number of amides is 1. The Bertz CT molecular complexity index is 625. The van der Waals surface area contributed by atoms with E-state index >= 15 is 0 Å². The number of rotatable bonds is 4. The molecular formula is C15H16N4O. The molecule has 0 radical (unpaired) electrons. The lowest BCUT2D eigenvalue weighted by atomic mass is 10.1. The van der Waals surface area contributed by atoms with E-state index in [0.29, 0.717) is 16.9 Å². The summed E-state index contributed by atoms with van der Waals surface area (Å²) in [6.45, 7) is 0. The van der Waals surface area contributed by atoms with Crippen LogP contribution in [0.15, 0.2) is 48.5 Å². The number of carbonyl (C=O) groups excluding carboxylic acids is 1. The molecule has 0 fully saturated rings. The number of anilines is 2. The van der Waals surface area contributed by atoms with Crippen LogP contribution in [0.3, 0.4) is 0 Å². The Morgan fingerprint density at radius 1 is 1.20 bits per heavy atom. The molecule has 0 heterocycles. The molecule has 0 saturated carbocycles. The van der Waals surface area contributed by atoms with E-state index in [0.717, 1.165) is 11.8 Å². The summed E-state index contributed by atoms with van der Waals surface area (Å²) < 4.78 is 0. The molecule has 0 aliphatic heterocycles. The van der Waals surface area contributed by atoms with Gasteiger partial charge >= 0.3 is 0 Å². The van der Waals surface area contributed by atoms with Crippen LogP contribution in [0.25, 0.3) is 0 Å². The monoisotopic (exact) mass is 268 g/mol. The van der Waals surface area contributed by atoms with Gasteiger partial charge < -0.3 is 22.2 Å². The van der Waals surface area contributed by atoms with Crippen LogP contribution < -0.4 is 16.8 Å². The van der Waals surface area contributed by atoms with Gasteiger partial charge in [0.15, 0.2) is 0 Å². The first kappa shape index (κ1) is 13.8. The summed E-state index contributed by atoms with van der Waals surface area (Å²) >= 11 is 0. The summed E-state index contributed by atoms with van der Waals surface area (Å²) in [6, 6.07) is 13.4. The number of hydrogen-bond acceptors (Lipinski definition) is 4. The fraction of sp³-hybridized carbons (Fsp3) is 0.0667. The summed E-state index contributed by atoms with van der Waals surface area (Å²) in [5, 5.41) is 9.96. The summed E-state index contributed by atoms with van der Waals surface area (Å²) in [4.78, 5) is 12.1. The van der Waals surface area contributed by atoms with Crippen molar-refractivity contribution in [3.05, 3.63) is 59.7 Å². The number of nitrogens with one attached hydrogen (secondary N) is 2. The van der Waals surface area contributed by atoms with Crippen LogP contribution in [0, 0.1) is 5.41 Å². The number of nitrogen functional groups attached to an aromatic ring is 1. The van der Waals surface area contributed by atoms with Crippen LogP contribution >= 0.6 is 0 Å². The SMILES string of the molecule is N=Cc1cc(NC(=O)C(N)c2ccccc2)ccc1N. The van der Waals surface area contributed by atoms with Crippen molar-refractivity contribution in [3.8, 4) is 0 Å². The molecule has 20 heavy (non-hydrogen) atoms. The molecule has 1 atom stereocenters. The molecule has 5 heteroatoms. The van der Waals surface area contributed by atoms with Gasteiger partial charge in [0.25, 0.3) is 0 Å². The molecule has 1 unspecified atom stereocenters. The molecule has 2 aromatic rings. The summed E-state index contributed by atoms with van der Waals surface area (Å²) in [7, 11) is 0. The Labute approximate surface area is 117 Å². The zero-order valence-electron chi connectivity index (χ0n) is 10.8. The second-order valence-corrected chi connectivity index (χ2v) is 4.37. The maximum absolute atomic E-state index is 12.1. The molecule has 6 N–H and O–H groups in total. The topological polar surface area (TPSA) is 105 Å². The van der Waals surface area contributed by atoms with Crippen molar-refractivity contribution in [2.45, 2.75) is 6.04 Å². The van der Waals surface area contributed by atoms with E-state index in [4.69, 9.17) is 16.9 Å². The van der Waals surface area contributed by atoms with Gasteiger partial charge in [-0.3, -0.25) is 4.79 Å². The minimum Gasteiger partial charge on any atom is -0.398 e. The molecule has 0 saturated heterocycles. The maximum Gasteiger partial charge on any atom is 0.245 e. The average Bonchev–Trinajstić information content (AvgIpc) is 2.49. The van der Waals surface area contributed by atoms with Crippen molar-refractivity contribution in [2.75, 3.05) is 11.1 Å². The van der Waals surface area contributed by atoms with Crippen molar-refractivity contribution in [2.24, 2.45) is 5.73 Å². The van der Waals surface area contributed by atoms with Crippen molar-refractivity contribution in [1.29, 1.82) is 5.41 Å². The smallest absolute Gasteiger partial charge is 0.245 e. The van der Waals surface area contributed by atoms with Crippen molar-refractivity contribution >= 4 is 23.5 Å². The second-order valence-electron chi connectivity index (χ2n) is 4.37. The molecule has 2 rings (SSSR count). The Hall–Kier alpha value is -2.66. The predicted molar refractivity (Wildman–Crippen MR) is 80.7 cm³/mol. The van der Waals surface area contributed by atoms with Crippen LogP contribution in [-0.4, -0.2) is 12.1 Å². The summed E-state index contributed by atoms with van der Waals surface area (Å²) in [5.74, 6) is -0.308. The quantitative estimate of drug-likeness (QED) is 0.502. The molecule has 2 aromatic carbocycles. The lowest BCUT2D eigenvalue weighted by molar-refractivity contribution is -0.117. The lowest BCUT2D eigenvalue weighted by Gasteiger charge is -2.13. The highest BCUT2D eigenvalue weighted by Gasteiger charge is 2.15. The van der Waals surface area contributed by atoms with Gasteiger partial charge in [0.1, 0.15) is 6.04 Å². The average molecular weight is 268 g/mol. The molecule has 102 valence electrons. The van der Waals surface area contributed by atoms with Gasteiger partial charge in [-0.25, -0.2) is 0 Å². The zero-order chi connectivity index (χ0) is 14.5. The molecule has 0 spiro atoms. The Kier molecular flexibility index (Phi) is 4.12. The van der Waals surface area contributed by atoms with E-state index < -0.39 is 6.04 Å². The van der Waals surface area contributed by atoms with Crippen molar-refractivity contribution in [1.82, 2.24) is 0 Å². The van der Waals surface area contributed by atoms with Gasteiger partial charge in [-0.05, 0) is 23.8 Å². The highest BCUT2D eigenvalue weighted by atomic mass is 16.2. The van der Waals surface area contributed by atoms with E-state index in [1.54, 1.807) is 30.3 Å². The Morgan fingerprint density at radius 3 is 2.55 bits per heavy atom. The van der Waals surface area contributed by atoms with Gasteiger partial charge in [-0.15, -0.1) is 0 Å². The normalized spacial score (nSPS) is 11.7. The zero-order valence-corrected chi connectivity index (χ0v) is 10.8. The molecule has 5 nitrogen and oxygen atoms in total. The summed E-state index contributed by atoms with van der Waals surface area (Å²) in [5.41, 5.74) is 13.9. The number of hydrogen-bond donors (Lipinski definition) is 4. The first-order chi connectivity index (χ1) is 9.61.